The van der Waals surface area contributed by atoms with Crippen LogP contribution in [0.5, 0.6) is 0 Å². The summed E-state index contributed by atoms with van der Waals surface area (Å²) in [5.74, 6) is -0.529. The molecule has 18 heavy (non-hydrogen) atoms. The molecule has 0 aliphatic carbocycles. The molecule has 0 saturated heterocycles. The molecule has 0 N–H and O–H groups in total. The summed E-state index contributed by atoms with van der Waals surface area (Å²) in [6, 6.07) is 8.72. The fourth-order valence-electron chi connectivity index (χ4n) is 1.35. The number of hydrogen-bond acceptors (Lipinski definition) is 5. The van der Waals surface area contributed by atoms with Crippen molar-refractivity contribution in [1.29, 1.82) is 0 Å². The summed E-state index contributed by atoms with van der Waals surface area (Å²) in [7, 11) is -2.73. The minimum atomic E-state index is -2.73. The Morgan fingerprint density at radius 2 is 2.00 bits per heavy atom. The van der Waals surface area contributed by atoms with Crippen molar-refractivity contribution in [3.05, 3.63) is 40.9 Å². The standard InChI is InChI=1S/C11H11N3O2S2/c1-8-10(17-14-12-8)11(15)13-18(2,16)9-6-4-3-5-7-9/h3-7H,1-2H3. The van der Waals surface area contributed by atoms with Crippen molar-refractivity contribution in [2.24, 2.45) is 4.36 Å². The van der Waals surface area contributed by atoms with Gasteiger partial charge in [-0.3, -0.25) is 4.79 Å². The zero-order valence-electron chi connectivity index (χ0n) is 9.86. The van der Waals surface area contributed by atoms with Gasteiger partial charge in [0.15, 0.2) is 0 Å². The molecular weight excluding hydrogens is 270 g/mol. The second kappa shape index (κ2) is 4.95. The monoisotopic (exact) mass is 281 g/mol. The first-order valence-electron chi connectivity index (χ1n) is 5.11. The Kier molecular flexibility index (Phi) is 3.53. The van der Waals surface area contributed by atoms with Crippen LogP contribution in [0.4, 0.5) is 0 Å². The van der Waals surface area contributed by atoms with E-state index in [1.54, 1.807) is 31.2 Å². The fraction of sp³-hybridized carbons (Fsp3) is 0.182. The summed E-state index contributed by atoms with van der Waals surface area (Å²) in [5.41, 5.74) is 0.511. The van der Waals surface area contributed by atoms with E-state index in [0.717, 1.165) is 11.5 Å². The lowest BCUT2D eigenvalue weighted by Gasteiger charge is -2.02. The number of aromatic nitrogens is 2. The highest BCUT2D eigenvalue weighted by molar-refractivity contribution is 7.93. The number of nitrogens with zero attached hydrogens (tertiary/aromatic N) is 3. The summed E-state index contributed by atoms with van der Waals surface area (Å²) in [5, 5.41) is 3.74. The molecule has 0 aliphatic heterocycles. The average molecular weight is 281 g/mol. The maximum Gasteiger partial charge on any atom is 0.299 e. The largest absolute Gasteiger partial charge is 0.299 e. The molecule has 1 aromatic carbocycles. The summed E-state index contributed by atoms with van der Waals surface area (Å²) in [6.45, 7) is 1.67. The van der Waals surface area contributed by atoms with Crippen molar-refractivity contribution in [3.8, 4) is 0 Å². The number of benzene rings is 1. The van der Waals surface area contributed by atoms with E-state index in [1.807, 2.05) is 6.07 Å². The van der Waals surface area contributed by atoms with Crippen LogP contribution in [0.1, 0.15) is 15.4 Å². The Morgan fingerprint density at radius 3 is 2.56 bits per heavy atom. The molecule has 0 fully saturated rings. The topological polar surface area (TPSA) is 72.3 Å². The third-order valence-corrected chi connectivity index (χ3v) is 4.76. The van der Waals surface area contributed by atoms with E-state index >= 15 is 0 Å². The van der Waals surface area contributed by atoms with Gasteiger partial charge in [-0.05, 0) is 30.6 Å². The maximum atomic E-state index is 12.4. The second-order valence-corrected chi connectivity index (χ2v) is 6.71. The van der Waals surface area contributed by atoms with Gasteiger partial charge in [0.2, 0.25) is 0 Å². The van der Waals surface area contributed by atoms with Crippen molar-refractivity contribution in [2.75, 3.05) is 6.26 Å². The van der Waals surface area contributed by atoms with Crippen LogP contribution in [0, 0.1) is 6.92 Å². The molecule has 0 radical (unpaired) electrons. The van der Waals surface area contributed by atoms with Crippen LogP contribution in [-0.2, 0) is 9.73 Å². The van der Waals surface area contributed by atoms with Gasteiger partial charge in [-0.2, -0.15) is 4.36 Å². The van der Waals surface area contributed by atoms with Gasteiger partial charge in [0.05, 0.1) is 15.4 Å². The van der Waals surface area contributed by atoms with E-state index in [-0.39, 0.29) is 0 Å². The Morgan fingerprint density at radius 1 is 1.33 bits per heavy atom. The van der Waals surface area contributed by atoms with Crippen LogP contribution in [0.15, 0.2) is 39.6 Å². The number of carbonyl (C=O) groups is 1. The van der Waals surface area contributed by atoms with Gasteiger partial charge in [0.25, 0.3) is 5.91 Å². The molecule has 1 aromatic heterocycles. The molecule has 2 rings (SSSR count). The van der Waals surface area contributed by atoms with Gasteiger partial charge < -0.3 is 0 Å². The third-order valence-electron chi connectivity index (χ3n) is 2.28. The van der Waals surface area contributed by atoms with Crippen LogP contribution in [0.2, 0.25) is 0 Å². The molecule has 7 heteroatoms. The minimum Gasteiger partial charge on any atom is -0.265 e. The van der Waals surface area contributed by atoms with Gasteiger partial charge in [0.1, 0.15) is 4.88 Å². The van der Waals surface area contributed by atoms with Gasteiger partial charge in [-0.15, -0.1) is 5.10 Å². The molecule has 1 amide bonds. The number of hydrogen-bond donors (Lipinski definition) is 0. The lowest BCUT2D eigenvalue weighted by molar-refractivity contribution is 0.101. The molecule has 1 atom stereocenters. The minimum absolute atomic E-state index is 0.334. The van der Waals surface area contributed by atoms with Crippen molar-refractivity contribution in [2.45, 2.75) is 11.8 Å². The quantitative estimate of drug-likeness (QED) is 0.845. The molecule has 0 spiro atoms. The number of aryl methyl sites for hydroxylation is 1. The van der Waals surface area contributed by atoms with Gasteiger partial charge in [-0.25, -0.2) is 4.21 Å². The van der Waals surface area contributed by atoms with Gasteiger partial charge in [-0.1, -0.05) is 22.7 Å². The highest BCUT2D eigenvalue weighted by Crippen LogP contribution is 2.15. The van der Waals surface area contributed by atoms with E-state index in [1.165, 1.54) is 6.26 Å². The SMILES string of the molecule is Cc1nnsc1C(=O)N=S(C)(=O)c1ccccc1. The number of rotatable bonds is 2. The van der Waals surface area contributed by atoms with Crippen molar-refractivity contribution < 1.29 is 9.00 Å². The Labute approximate surface area is 109 Å². The smallest absolute Gasteiger partial charge is 0.265 e. The fourth-order valence-corrected chi connectivity index (χ4v) is 3.13. The highest BCUT2D eigenvalue weighted by Gasteiger charge is 2.15. The molecule has 2 aromatic rings. The second-order valence-electron chi connectivity index (χ2n) is 3.70. The summed E-state index contributed by atoms with van der Waals surface area (Å²) in [4.78, 5) is 12.8. The van der Waals surface area contributed by atoms with Crippen molar-refractivity contribution in [3.63, 3.8) is 0 Å². The van der Waals surface area contributed by atoms with Crippen LogP contribution in [-0.4, -0.2) is 26.0 Å². The summed E-state index contributed by atoms with van der Waals surface area (Å²) in [6.07, 6.45) is 1.45. The van der Waals surface area contributed by atoms with Crippen molar-refractivity contribution >= 4 is 27.2 Å². The molecular formula is C11H11N3O2S2. The molecule has 0 aliphatic rings. The normalized spacial score (nSPS) is 13.9. The Hall–Kier alpha value is -1.60. The molecule has 5 nitrogen and oxygen atoms in total. The molecule has 1 heterocycles. The summed E-state index contributed by atoms with van der Waals surface area (Å²) >= 11 is 0.964. The predicted octanol–water partition coefficient (Wildman–Crippen LogP) is 2.14. The first-order valence-corrected chi connectivity index (χ1v) is 7.81. The molecule has 0 bridgehead atoms. The van der Waals surface area contributed by atoms with Gasteiger partial charge in [0, 0.05) is 11.2 Å². The Balaban J connectivity index is 2.43. The van der Waals surface area contributed by atoms with Gasteiger partial charge >= 0.3 is 0 Å². The molecule has 94 valence electrons. The van der Waals surface area contributed by atoms with Crippen molar-refractivity contribution in [1.82, 2.24) is 9.59 Å². The molecule has 0 saturated carbocycles. The van der Waals surface area contributed by atoms with Crippen LogP contribution >= 0.6 is 11.5 Å². The van der Waals surface area contributed by atoms with E-state index < -0.39 is 15.6 Å². The highest BCUT2D eigenvalue weighted by atomic mass is 32.2. The number of amides is 1. The van der Waals surface area contributed by atoms with Crippen LogP contribution < -0.4 is 0 Å². The number of carbonyl (C=O) groups excluding carboxylic acids is 1. The molecule has 1 unspecified atom stereocenters. The van der Waals surface area contributed by atoms with Crippen LogP contribution in [0.3, 0.4) is 0 Å². The maximum absolute atomic E-state index is 12.4. The Bertz CT molecular complexity index is 685. The lowest BCUT2D eigenvalue weighted by atomic mass is 10.4. The zero-order valence-corrected chi connectivity index (χ0v) is 11.5. The predicted molar refractivity (Wildman–Crippen MR) is 70.2 cm³/mol. The van der Waals surface area contributed by atoms with Crippen LogP contribution in [0.25, 0.3) is 0 Å². The van der Waals surface area contributed by atoms with E-state index in [9.17, 15) is 9.00 Å². The van der Waals surface area contributed by atoms with E-state index in [0.29, 0.717) is 15.5 Å². The zero-order chi connectivity index (χ0) is 13.2. The third kappa shape index (κ3) is 2.62. The lowest BCUT2D eigenvalue weighted by Crippen LogP contribution is -2.03. The average Bonchev–Trinajstić information content (AvgIpc) is 2.76. The first kappa shape index (κ1) is 12.8. The van der Waals surface area contributed by atoms with E-state index in [2.05, 4.69) is 13.9 Å². The van der Waals surface area contributed by atoms with E-state index in [4.69, 9.17) is 0 Å². The first-order chi connectivity index (χ1) is 8.50. The summed E-state index contributed by atoms with van der Waals surface area (Å²) < 4.78 is 19.8.